The van der Waals surface area contributed by atoms with E-state index in [1.54, 1.807) is 0 Å². The molecule has 0 saturated heterocycles. The van der Waals surface area contributed by atoms with Gasteiger partial charge in [0, 0.05) is 13.8 Å². The summed E-state index contributed by atoms with van der Waals surface area (Å²) in [7, 11) is 0. The van der Waals surface area contributed by atoms with Crippen molar-refractivity contribution in [2.45, 2.75) is 58.3 Å². The molecule has 2 nitrogen and oxygen atoms in total. The highest BCUT2D eigenvalue weighted by atomic mass is 16.7. The second-order valence-corrected chi connectivity index (χ2v) is 5.83. The van der Waals surface area contributed by atoms with Gasteiger partial charge in [-0.3, -0.25) is 0 Å². The molecule has 0 radical (unpaired) electrons. The maximum absolute atomic E-state index is 6.04. The lowest BCUT2D eigenvalue weighted by Gasteiger charge is -2.30. The SMILES string of the molecule is C=C(C)c1ccc(OC(C)(C)OC2CCCC2)cc1. The summed E-state index contributed by atoms with van der Waals surface area (Å²) < 4.78 is 12.0. The lowest BCUT2D eigenvalue weighted by atomic mass is 10.1. The molecule has 1 aliphatic rings. The third-order valence-corrected chi connectivity index (χ3v) is 3.46. The van der Waals surface area contributed by atoms with E-state index in [2.05, 4.69) is 6.58 Å². The van der Waals surface area contributed by atoms with Crippen molar-refractivity contribution < 1.29 is 9.47 Å². The van der Waals surface area contributed by atoms with E-state index in [0.29, 0.717) is 6.10 Å². The molecule has 19 heavy (non-hydrogen) atoms. The molecule has 0 bridgehead atoms. The molecule has 2 rings (SSSR count). The van der Waals surface area contributed by atoms with Gasteiger partial charge in [0.2, 0.25) is 5.79 Å². The van der Waals surface area contributed by atoms with E-state index in [1.165, 1.54) is 12.8 Å². The predicted molar refractivity (Wildman–Crippen MR) is 79.2 cm³/mol. The summed E-state index contributed by atoms with van der Waals surface area (Å²) in [6.07, 6.45) is 5.20. The first kappa shape index (κ1) is 14.1. The third-order valence-electron chi connectivity index (χ3n) is 3.46. The van der Waals surface area contributed by atoms with Crippen LogP contribution in [0.25, 0.3) is 5.57 Å². The molecule has 104 valence electrons. The van der Waals surface area contributed by atoms with Gasteiger partial charge in [-0.1, -0.05) is 37.1 Å². The highest BCUT2D eigenvalue weighted by Gasteiger charge is 2.27. The van der Waals surface area contributed by atoms with E-state index in [0.717, 1.165) is 29.7 Å². The quantitative estimate of drug-likeness (QED) is 0.708. The topological polar surface area (TPSA) is 18.5 Å². The molecule has 0 aliphatic heterocycles. The lowest BCUT2D eigenvalue weighted by Crippen LogP contribution is -2.35. The molecule has 1 saturated carbocycles. The smallest absolute Gasteiger partial charge is 0.205 e. The van der Waals surface area contributed by atoms with Crippen LogP contribution in [0.15, 0.2) is 30.8 Å². The Hall–Kier alpha value is -1.28. The summed E-state index contributed by atoms with van der Waals surface area (Å²) in [4.78, 5) is 0. The Labute approximate surface area is 116 Å². The van der Waals surface area contributed by atoms with Crippen LogP contribution >= 0.6 is 0 Å². The van der Waals surface area contributed by atoms with Crippen LogP contribution in [0.5, 0.6) is 5.75 Å². The van der Waals surface area contributed by atoms with Crippen molar-refractivity contribution in [1.29, 1.82) is 0 Å². The van der Waals surface area contributed by atoms with Crippen molar-refractivity contribution in [3.05, 3.63) is 36.4 Å². The minimum Gasteiger partial charge on any atom is -0.463 e. The van der Waals surface area contributed by atoms with Crippen molar-refractivity contribution >= 4 is 5.57 Å². The fraction of sp³-hybridized carbons (Fsp3) is 0.529. The zero-order chi connectivity index (χ0) is 13.9. The van der Waals surface area contributed by atoms with E-state index < -0.39 is 5.79 Å². The first-order valence-electron chi connectivity index (χ1n) is 7.09. The minimum atomic E-state index is -0.570. The zero-order valence-electron chi connectivity index (χ0n) is 12.2. The summed E-state index contributed by atoms with van der Waals surface area (Å²) in [5, 5.41) is 0. The highest BCUT2D eigenvalue weighted by Crippen LogP contribution is 2.28. The molecular weight excluding hydrogens is 236 g/mol. The summed E-state index contributed by atoms with van der Waals surface area (Å²) >= 11 is 0. The van der Waals surface area contributed by atoms with Gasteiger partial charge >= 0.3 is 0 Å². The molecule has 1 aromatic rings. The largest absolute Gasteiger partial charge is 0.463 e. The molecule has 0 unspecified atom stereocenters. The van der Waals surface area contributed by atoms with Gasteiger partial charge in [0.15, 0.2) is 0 Å². The Morgan fingerprint density at radius 2 is 1.74 bits per heavy atom. The molecule has 2 heteroatoms. The Morgan fingerprint density at radius 1 is 1.16 bits per heavy atom. The molecule has 1 fully saturated rings. The maximum atomic E-state index is 6.04. The van der Waals surface area contributed by atoms with Crippen LogP contribution in [0, 0.1) is 0 Å². The number of hydrogen-bond donors (Lipinski definition) is 0. The lowest BCUT2D eigenvalue weighted by molar-refractivity contribution is -0.185. The number of benzene rings is 1. The van der Waals surface area contributed by atoms with Crippen LogP contribution in [-0.2, 0) is 4.74 Å². The van der Waals surface area contributed by atoms with E-state index in [9.17, 15) is 0 Å². The molecule has 0 spiro atoms. The molecule has 1 aliphatic carbocycles. The molecule has 0 heterocycles. The normalized spacial score (nSPS) is 16.6. The summed E-state index contributed by atoms with van der Waals surface area (Å²) in [6.45, 7) is 9.90. The standard InChI is InChI=1S/C17H24O2/c1-13(2)14-9-11-16(12-10-14)19-17(3,4)18-15-7-5-6-8-15/h9-12,15H,1,5-8H2,2-4H3. The van der Waals surface area contributed by atoms with Crippen LogP contribution in [0.1, 0.15) is 52.0 Å². The molecule has 0 amide bonds. The summed E-state index contributed by atoms with van der Waals surface area (Å²) in [6, 6.07) is 8.01. The molecule has 0 atom stereocenters. The molecule has 1 aromatic carbocycles. The van der Waals surface area contributed by atoms with Crippen molar-refractivity contribution in [2.75, 3.05) is 0 Å². The van der Waals surface area contributed by atoms with Crippen molar-refractivity contribution in [1.82, 2.24) is 0 Å². The number of ether oxygens (including phenoxy) is 2. The highest BCUT2D eigenvalue weighted by molar-refractivity contribution is 5.61. The maximum Gasteiger partial charge on any atom is 0.205 e. The summed E-state index contributed by atoms with van der Waals surface area (Å²) in [5.74, 6) is 0.271. The molecule has 0 aromatic heterocycles. The van der Waals surface area contributed by atoms with Crippen LogP contribution < -0.4 is 4.74 Å². The Bertz CT molecular complexity index is 425. The fourth-order valence-corrected chi connectivity index (χ4v) is 2.52. The van der Waals surface area contributed by atoms with Gasteiger partial charge in [-0.05, 0) is 37.5 Å². The van der Waals surface area contributed by atoms with Crippen LogP contribution in [0.2, 0.25) is 0 Å². The van der Waals surface area contributed by atoms with Crippen molar-refractivity contribution in [3.63, 3.8) is 0 Å². The zero-order valence-corrected chi connectivity index (χ0v) is 12.2. The molecule has 0 N–H and O–H groups in total. The average molecular weight is 260 g/mol. The van der Waals surface area contributed by atoms with Crippen LogP contribution in [0.3, 0.4) is 0 Å². The Kier molecular flexibility index (Phi) is 4.31. The Balaban J connectivity index is 1.96. The van der Waals surface area contributed by atoms with Crippen molar-refractivity contribution in [2.24, 2.45) is 0 Å². The van der Waals surface area contributed by atoms with Crippen molar-refractivity contribution in [3.8, 4) is 5.75 Å². The third kappa shape index (κ3) is 4.10. The van der Waals surface area contributed by atoms with Gasteiger partial charge in [-0.15, -0.1) is 0 Å². The van der Waals surface area contributed by atoms with Gasteiger partial charge in [0.25, 0.3) is 0 Å². The van der Waals surface area contributed by atoms with Gasteiger partial charge < -0.3 is 9.47 Å². The minimum absolute atomic E-state index is 0.352. The Morgan fingerprint density at radius 3 is 2.26 bits per heavy atom. The van der Waals surface area contributed by atoms with Gasteiger partial charge in [0.1, 0.15) is 5.75 Å². The van der Waals surface area contributed by atoms with E-state index in [4.69, 9.17) is 9.47 Å². The van der Waals surface area contributed by atoms with Crippen LogP contribution in [-0.4, -0.2) is 11.9 Å². The predicted octanol–water partition coefficient (Wildman–Crippen LogP) is 4.79. The monoisotopic (exact) mass is 260 g/mol. The van der Waals surface area contributed by atoms with Gasteiger partial charge in [-0.2, -0.15) is 0 Å². The van der Waals surface area contributed by atoms with E-state index >= 15 is 0 Å². The second kappa shape index (κ2) is 5.79. The second-order valence-electron chi connectivity index (χ2n) is 5.83. The van der Waals surface area contributed by atoms with Gasteiger partial charge in [0.05, 0.1) is 6.10 Å². The first-order valence-corrected chi connectivity index (χ1v) is 7.09. The number of rotatable bonds is 5. The van der Waals surface area contributed by atoms with Crippen LogP contribution in [0.4, 0.5) is 0 Å². The van der Waals surface area contributed by atoms with E-state index in [-0.39, 0.29) is 0 Å². The van der Waals surface area contributed by atoms with Gasteiger partial charge in [-0.25, -0.2) is 0 Å². The fourth-order valence-electron chi connectivity index (χ4n) is 2.52. The van der Waals surface area contributed by atoms with E-state index in [1.807, 2.05) is 45.0 Å². The first-order chi connectivity index (χ1) is 8.96. The number of hydrogen-bond acceptors (Lipinski definition) is 2. The average Bonchev–Trinajstić information content (AvgIpc) is 2.81. The summed E-state index contributed by atoms with van der Waals surface area (Å²) in [5.41, 5.74) is 2.20. The molecular formula is C17H24O2. The number of allylic oxidation sites excluding steroid dienone is 1.